The second-order valence-corrected chi connectivity index (χ2v) is 8.83. The SMILES string of the molecule is CCOc1ccc(S(=O)(=O)N2CCN(c3cc(Nc4ccccn4)ncn3)CC2)cc1. The van der Waals surface area contributed by atoms with Gasteiger partial charge in [0.05, 0.1) is 11.5 Å². The van der Waals surface area contributed by atoms with E-state index in [1.165, 1.54) is 10.6 Å². The number of ether oxygens (including phenoxy) is 1. The van der Waals surface area contributed by atoms with Gasteiger partial charge in [0.15, 0.2) is 0 Å². The van der Waals surface area contributed by atoms with Crippen LogP contribution < -0.4 is 15.0 Å². The van der Waals surface area contributed by atoms with Crippen LogP contribution in [0.1, 0.15) is 6.92 Å². The molecule has 0 atom stereocenters. The fraction of sp³-hybridized carbons (Fsp3) is 0.286. The lowest BCUT2D eigenvalue weighted by Crippen LogP contribution is -2.48. The van der Waals surface area contributed by atoms with Crippen LogP contribution in [0.5, 0.6) is 5.75 Å². The number of anilines is 3. The second-order valence-electron chi connectivity index (χ2n) is 6.90. The summed E-state index contributed by atoms with van der Waals surface area (Å²) in [6, 6.07) is 14.0. The van der Waals surface area contributed by atoms with Gasteiger partial charge in [0.2, 0.25) is 10.0 Å². The van der Waals surface area contributed by atoms with Crippen molar-refractivity contribution in [2.24, 2.45) is 0 Å². The van der Waals surface area contributed by atoms with Crippen molar-refractivity contribution in [3.05, 3.63) is 61.1 Å². The third-order valence-corrected chi connectivity index (χ3v) is 6.82. The molecule has 1 aromatic carbocycles. The van der Waals surface area contributed by atoms with Crippen LogP contribution in [0.15, 0.2) is 66.0 Å². The van der Waals surface area contributed by atoms with Crippen LogP contribution in [0.25, 0.3) is 0 Å². The second kappa shape index (κ2) is 9.27. The van der Waals surface area contributed by atoms with E-state index >= 15 is 0 Å². The van der Waals surface area contributed by atoms with E-state index in [0.717, 1.165) is 5.82 Å². The molecule has 0 saturated carbocycles. The van der Waals surface area contributed by atoms with Crippen LogP contribution in [0.4, 0.5) is 17.5 Å². The van der Waals surface area contributed by atoms with Gasteiger partial charge < -0.3 is 15.0 Å². The van der Waals surface area contributed by atoms with Gasteiger partial charge in [-0.3, -0.25) is 0 Å². The number of nitrogens with zero attached hydrogens (tertiary/aromatic N) is 5. The van der Waals surface area contributed by atoms with Crippen molar-refractivity contribution in [1.29, 1.82) is 0 Å². The van der Waals surface area contributed by atoms with E-state index in [2.05, 4.69) is 25.2 Å². The molecular formula is C21H24N6O3S. The van der Waals surface area contributed by atoms with Crippen LogP contribution in [0.2, 0.25) is 0 Å². The Hall–Kier alpha value is -3.24. The van der Waals surface area contributed by atoms with Crippen molar-refractivity contribution in [3.8, 4) is 5.75 Å². The molecule has 0 bridgehead atoms. The summed E-state index contributed by atoms with van der Waals surface area (Å²) in [6.07, 6.45) is 3.19. The van der Waals surface area contributed by atoms with Crippen LogP contribution in [0, 0.1) is 0 Å². The summed E-state index contributed by atoms with van der Waals surface area (Å²) in [6.45, 7) is 4.26. The average molecular weight is 441 g/mol. The number of nitrogens with one attached hydrogen (secondary N) is 1. The highest BCUT2D eigenvalue weighted by molar-refractivity contribution is 7.89. The van der Waals surface area contributed by atoms with Crippen molar-refractivity contribution in [3.63, 3.8) is 0 Å². The zero-order valence-electron chi connectivity index (χ0n) is 17.2. The Morgan fingerprint density at radius 3 is 2.42 bits per heavy atom. The van der Waals surface area contributed by atoms with Crippen molar-refractivity contribution in [1.82, 2.24) is 19.3 Å². The molecular weight excluding hydrogens is 416 g/mol. The number of hydrogen-bond donors (Lipinski definition) is 1. The molecule has 0 spiro atoms. The van der Waals surface area contributed by atoms with Gasteiger partial charge >= 0.3 is 0 Å². The number of hydrogen-bond acceptors (Lipinski definition) is 8. The first-order chi connectivity index (χ1) is 15.1. The van der Waals surface area contributed by atoms with Gasteiger partial charge in [-0.1, -0.05) is 6.07 Å². The number of piperazine rings is 1. The zero-order chi connectivity index (χ0) is 21.7. The van der Waals surface area contributed by atoms with Crippen molar-refractivity contribution >= 4 is 27.5 Å². The predicted molar refractivity (Wildman–Crippen MR) is 118 cm³/mol. The molecule has 10 heteroatoms. The average Bonchev–Trinajstić information content (AvgIpc) is 2.81. The molecule has 0 unspecified atom stereocenters. The maximum Gasteiger partial charge on any atom is 0.243 e. The number of benzene rings is 1. The number of sulfonamides is 1. The molecule has 1 N–H and O–H groups in total. The molecule has 31 heavy (non-hydrogen) atoms. The van der Waals surface area contributed by atoms with E-state index in [-0.39, 0.29) is 4.90 Å². The third kappa shape index (κ3) is 4.92. The lowest BCUT2D eigenvalue weighted by molar-refractivity contribution is 0.340. The summed E-state index contributed by atoms with van der Waals surface area (Å²) in [5.41, 5.74) is 0. The summed E-state index contributed by atoms with van der Waals surface area (Å²) in [5, 5.41) is 3.15. The van der Waals surface area contributed by atoms with Gasteiger partial charge in [-0.15, -0.1) is 0 Å². The predicted octanol–water partition coefficient (Wildman–Crippen LogP) is 2.52. The van der Waals surface area contributed by atoms with Gasteiger partial charge in [0.25, 0.3) is 0 Å². The molecule has 0 radical (unpaired) electrons. The Morgan fingerprint density at radius 1 is 0.968 bits per heavy atom. The summed E-state index contributed by atoms with van der Waals surface area (Å²) < 4.78 is 32.9. The molecule has 0 amide bonds. The van der Waals surface area contributed by atoms with Crippen LogP contribution in [0.3, 0.4) is 0 Å². The highest BCUT2D eigenvalue weighted by atomic mass is 32.2. The molecule has 1 fully saturated rings. The zero-order valence-corrected chi connectivity index (χ0v) is 18.0. The highest BCUT2D eigenvalue weighted by Crippen LogP contribution is 2.23. The molecule has 1 saturated heterocycles. The van der Waals surface area contributed by atoms with E-state index in [0.29, 0.717) is 50.2 Å². The maximum atomic E-state index is 13.0. The molecule has 0 aliphatic carbocycles. The minimum absolute atomic E-state index is 0.272. The maximum absolute atomic E-state index is 13.0. The lowest BCUT2D eigenvalue weighted by atomic mass is 10.3. The van der Waals surface area contributed by atoms with Crippen molar-refractivity contribution < 1.29 is 13.2 Å². The largest absolute Gasteiger partial charge is 0.494 e. The molecule has 3 heterocycles. The van der Waals surface area contributed by atoms with Crippen molar-refractivity contribution in [2.45, 2.75) is 11.8 Å². The summed E-state index contributed by atoms with van der Waals surface area (Å²) in [7, 11) is -3.55. The fourth-order valence-electron chi connectivity index (χ4n) is 3.34. The van der Waals surface area contributed by atoms with Gasteiger partial charge in [-0.25, -0.2) is 23.4 Å². The first-order valence-electron chi connectivity index (χ1n) is 10.0. The minimum Gasteiger partial charge on any atom is -0.494 e. The first kappa shape index (κ1) is 21.0. The van der Waals surface area contributed by atoms with Gasteiger partial charge in [0, 0.05) is 38.4 Å². The van der Waals surface area contributed by atoms with E-state index in [1.54, 1.807) is 30.5 Å². The molecule has 1 aliphatic rings. The Labute approximate surface area is 181 Å². The summed E-state index contributed by atoms with van der Waals surface area (Å²) >= 11 is 0. The van der Waals surface area contributed by atoms with Gasteiger partial charge in [0.1, 0.15) is 29.5 Å². The third-order valence-electron chi connectivity index (χ3n) is 4.91. The summed E-state index contributed by atoms with van der Waals surface area (Å²) in [4.78, 5) is 15.1. The molecule has 162 valence electrons. The molecule has 3 aromatic rings. The van der Waals surface area contributed by atoms with E-state index < -0.39 is 10.0 Å². The summed E-state index contributed by atoms with van der Waals surface area (Å²) in [5.74, 6) is 2.73. The number of rotatable bonds is 7. The van der Waals surface area contributed by atoms with Crippen LogP contribution in [-0.2, 0) is 10.0 Å². The molecule has 9 nitrogen and oxygen atoms in total. The smallest absolute Gasteiger partial charge is 0.243 e. The van der Waals surface area contributed by atoms with E-state index in [1.807, 2.05) is 31.2 Å². The Morgan fingerprint density at radius 2 is 1.74 bits per heavy atom. The number of aromatic nitrogens is 3. The molecule has 2 aromatic heterocycles. The fourth-order valence-corrected chi connectivity index (χ4v) is 4.76. The van der Waals surface area contributed by atoms with E-state index in [4.69, 9.17) is 4.74 Å². The van der Waals surface area contributed by atoms with Gasteiger partial charge in [-0.2, -0.15) is 4.31 Å². The van der Waals surface area contributed by atoms with Crippen LogP contribution >= 0.6 is 0 Å². The normalized spacial score (nSPS) is 14.9. The Balaban J connectivity index is 1.41. The molecule has 4 rings (SSSR count). The minimum atomic E-state index is -3.55. The lowest BCUT2D eigenvalue weighted by Gasteiger charge is -2.34. The standard InChI is InChI=1S/C21H24N6O3S/c1-2-30-17-6-8-18(9-7-17)31(28,29)27-13-11-26(12-14-27)21-15-20(23-16-24-21)25-19-5-3-4-10-22-19/h3-10,15-16H,2,11-14H2,1H3,(H,22,23,24,25). The van der Waals surface area contributed by atoms with E-state index in [9.17, 15) is 8.42 Å². The number of pyridine rings is 1. The van der Waals surface area contributed by atoms with Crippen LogP contribution in [-0.4, -0.2) is 60.5 Å². The van der Waals surface area contributed by atoms with Crippen molar-refractivity contribution in [2.75, 3.05) is 43.0 Å². The Kier molecular flexibility index (Phi) is 6.28. The Bertz CT molecular complexity index is 1100. The monoisotopic (exact) mass is 440 g/mol. The quantitative estimate of drug-likeness (QED) is 0.598. The topological polar surface area (TPSA) is 101 Å². The molecule has 1 aliphatic heterocycles. The highest BCUT2D eigenvalue weighted by Gasteiger charge is 2.29. The van der Waals surface area contributed by atoms with Gasteiger partial charge in [-0.05, 0) is 43.3 Å². The first-order valence-corrected chi connectivity index (χ1v) is 11.5.